The fourth-order valence-electron chi connectivity index (χ4n) is 1.06. The SMILES string of the molecule is C=C(C)C(=O)OCCCCNC(=O)CCC. The van der Waals surface area contributed by atoms with Gasteiger partial charge in [0.15, 0.2) is 0 Å². The molecule has 0 aliphatic rings. The largest absolute Gasteiger partial charge is 0.462 e. The Kier molecular flexibility index (Phi) is 8.21. The van der Waals surface area contributed by atoms with Crippen molar-refractivity contribution >= 4 is 11.9 Å². The van der Waals surface area contributed by atoms with E-state index in [9.17, 15) is 9.59 Å². The zero-order valence-electron chi connectivity index (χ0n) is 10.2. The second-order valence-electron chi connectivity index (χ2n) is 3.72. The van der Waals surface area contributed by atoms with Crippen LogP contribution in [-0.4, -0.2) is 25.0 Å². The Balaban J connectivity index is 3.31. The normalized spacial score (nSPS) is 9.62. The smallest absolute Gasteiger partial charge is 0.333 e. The van der Waals surface area contributed by atoms with Gasteiger partial charge in [0, 0.05) is 18.5 Å². The van der Waals surface area contributed by atoms with Crippen LogP contribution in [-0.2, 0) is 14.3 Å². The molecule has 0 rings (SSSR count). The van der Waals surface area contributed by atoms with Crippen molar-refractivity contribution in [2.24, 2.45) is 0 Å². The van der Waals surface area contributed by atoms with Crippen LogP contribution >= 0.6 is 0 Å². The number of hydrogen-bond acceptors (Lipinski definition) is 3. The zero-order chi connectivity index (χ0) is 12.4. The van der Waals surface area contributed by atoms with Crippen LogP contribution in [0.2, 0.25) is 0 Å². The Morgan fingerprint density at radius 1 is 1.31 bits per heavy atom. The fraction of sp³-hybridized carbons (Fsp3) is 0.667. The Morgan fingerprint density at radius 3 is 2.56 bits per heavy atom. The molecule has 0 bridgehead atoms. The highest BCUT2D eigenvalue weighted by Crippen LogP contribution is 1.95. The third-order valence-electron chi connectivity index (χ3n) is 1.95. The van der Waals surface area contributed by atoms with Crippen LogP contribution in [0.3, 0.4) is 0 Å². The monoisotopic (exact) mass is 227 g/mol. The Bertz CT molecular complexity index is 249. The van der Waals surface area contributed by atoms with E-state index in [0.717, 1.165) is 19.3 Å². The van der Waals surface area contributed by atoms with E-state index in [1.54, 1.807) is 6.92 Å². The number of esters is 1. The predicted octanol–water partition coefficient (Wildman–Crippen LogP) is 1.80. The Labute approximate surface area is 97.1 Å². The second kappa shape index (κ2) is 8.95. The molecule has 0 aromatic rings. The zero-order valence-corrected chi connectivity index (χ0v) is 10.2. The summed E-state index contributed by atoms with van der Waals surface area (Å²) >= 11 is 0. The molecule has 0 aliphatic carbocycles. The minimum absolute atomic E-state index is 0.0847. The molecule has 4 nitrogen and oxygen atoms in total. The van der Waals surface area contributed by atoms with Gasteiger partial charge in [-0.15, -0.1) is 0 Å². The molecule has 92 valence electrons. The molecule has 1 N–H and O–H groups in total. The lowest BCUT2D eigenvalue weighted by molar-refractivity contribution is -0.139. The molecular formula is C12H21NO3. The standard InChI is InChI=1S/C12H21NO3/c1-4-7-11(14)13-8-5-6-9-16-12(15)10(2)3/h2,4-9H2,1,3H3,(H,13,14). The highest BCUT2D eigenvalue weighted by Gasteiger charge is 2.02. The maximum absolute atomic E-state index is 11.1. The van der Waals surface area contributed by atoms with Gasteiger partial charge in [0.2, 0.25) is 5.91 Å². The predicted molar refractivity (Wildman–Crippen MR) is 62.9 cm³/mol. The summed E-state index contributed by atoms with van der Waals surface area (Å²) in [4.78, 5) is 22.0. The van der Waals surface area contributed by atoms with Crippen LogP contribution < -0.4 is 5.32 Å². The van der Waals surface area contributed by atoms with Gasteiger partial charge in [-0.1, -0.05) is 13.5 Å². The van der Waals surface area contributed by atoms with Crippen LogP contribution in [0, 0.1) is 0 Å². The molecule has 4 heteroatoms. The average molecular weight is 227 g/mol. The first-order chi connectivity index (χ1) is 7.57. The minimum atomic E-state index is -0.352. The topological polar surface area (TPSA) is 55.4 Å². The number of carbonyl (C=O) groups is 2. The van der Waals surface area contributed by atoms with Crippen molar-refractivity contribution in [2.75, 3.05) is 13.2 Å². The highest BCUT2D eigenvalue weighted by atomic mass is 16.5. The van der Waals surface area contributed by atoms with E-state index in [2.05, 4.69) is 11.9 Å². The van der Waals surface area contributed by atoms with E-state index in [1.165, 1.54) is 0 Å². The van der Waals surface area contributed by atoms with Gasteiger partial charge in [-0.2, -0.15) is 0 Å². The minimum Gasteiger partial charge on any atom is -0.462 e. The summed E-state index contributed by atoms with van der Waals surface area (Å²) in [6.07, 6.45) is 3.01. The lowest BCUT2D eigenvalue weighted by Gasteiger charge is -2.05. The van der Waals surface area contributed by atoms with Crippen molar-refractivity contribution in [3.8, 4) is 0 Å². The van der Waals surface area contributed by atoms with Crippen LogP contribution in [0.5, 0.6) is 0 Å². The van der Waals surface area contributed by atoms with Gasteiger partial charge in [-0.3, -0.25) is 4.79 Å². The summed E-state index contributed by atoms with van der Waals surface area (Å²) < 4.78 is 4.91. The Morgan fingerprint density at radius 2 is 2.00 bits per heavy atom. The molecule has 0 saturated heterocycles. The summed E-state index contributed by atoms with van der Waals surface area (Å²) in [5, 5.41) is 2.80. The lowest BCUT2D eigenvalue weighted by atomic mass is 10.3. The van der Waals surface area contributed by atoms with E-state index in [4.69, 9.17) is 4.74 Å². The van der Waals surface area contributed by atoms with Gasteiger partial charge < -0.3 is 10.1 Å². The maximum atomic E-state index is 11.1. The third-order valence-corrected chi connectivity index (χ3v) is 1.95. The van der Waals surface area contributed by atoms with Crippen LogP contribution in [0.4, 0.5) is 0 Å². The molecule has 1 amide bonds. The third kappa shape index (κ3) is 8.03. The molecule has 0 radical (unpaired) electrons. The molecule has 0 spiro atoms. The van der Waals surface area contributed by atoms with Crippen molar-refractivity contribution in [1.82, 2.24) is 5.32 Å². The van der Waals surface area contributed by atoms with Gasteiger partial charge in [-0.25, -0.2) is 4.79 Å². The fourth-order valence-corrected chi connectivity index (χ4v) is 1.06. The molecule has 0 aromatic carbocycles. The maximum Gasteiger partial charge on any atom is 0.333 e. The number of unbranched alkanes of at least 4 members (excludes halogenated alkanes) is 1. The lowest BCUT2D eigenvalue weighted by Crippen LogP contribution is -2.24. The van der Waals surface area contributed by atoms with E-state index in [1.807, 2.05) is 6.92 Å². The molecule has 0 atom stereocenters. The molecule has 0 aliphatic heterocycles. The molecule has 0 saturated carbocycles. The van der Waals surface area contributed by atoms with Gasteiger partial charge in [0.1, 0.15) is 0 Å². The number of rotatable bonds is 8. The first-order valence-electron chi connectivity index (χ1n) is 5.67. The summed E-state index contributed by atoms with van der Waals surface area (Å²) in [5.74, 6) is -0.267. The van der Waals surface area contributed by atoms with Gasteiger partial charge >= 0.3 is 5.97 Å². The molecule has 0 aromatic heterocycles. The first-order valence-corrected chi connectivity index (χ1v) is 5.67. The first kappa shape index (κ1) is 14.7. The van der Waals surface area contributed by atoms with Gasteiger partial charge in [0.05, 0.1) is 6.61 Å². The van der Waals surface area contributed by atoms with Crippen molar-refractivity contribution in [2.45, 2.75) is 39.5 Å². The number of carbonyl (C=O) groups excluding carboxylic acids is 2. The second-order valence-corrected chi connectivity index (χ2v) is 3.72. The number of nitrogens with one attached hydrogen (secondary N) is 1. The summed E-state index contributed by atoms with van der Waals surface area (Å²) in [7, 11) is 0. The van der Waals surface area contributed by atoms with E-state index >= 15 is 0 Å². The van der Waals surface area contributed by atoms with Crippen molar-refractivity contribution in [3.05, 3.63) is 12.2 Å². The summed E-state index contributed by atoms with van der Waals surface area (Å²) in [5.41, 5.74) is 0.413. The molecule has 0 unspecified atom stereocenters. The van der Waals surface area contributed by atoms with E-state index in [-0.39, 0.29) is 11.9 Å². The number of hydrogen-bond donors (Lipinski definition) is 1. The van der Waals surface area contributed by atoms with Crippen molar-refractivity contribution in [3.63, 3.8) is 0 Å². The molecule has 0 fully saturated rings. The van der Waals surface area contributed by atoms with Crippen LogP contribution in [0.1, 0.15) is 39.5 Å². The summed E-state index contributed by atoms with van der Waals surface area (Å²) in [6, 6.07) is 0. The average Bonchev–Trinajstić information content (AvgIpc) is 2.23. The van der Waals surface area contributed by atoms with Gasteiger partial charge in [-0.05, 0) is 26.2 Å². The van der Waals surface area contributed by atoms with E-state index < -0.39 is 0 Å². The highest BCUT2D eigenvalue weighted by molar-refractivity contribution is 5.86. The van der Waals surface area contributed by atoms with Crippen LogP contribution in [0.15, 0.2) is 12.2 Å². The van der Waals surface area contributed by atoms with Crippen LogP contribution in [0.25, 0.3) is 0 Å². The molecule has 16 heavy (non-hydrogen) atoms. The van der Waals surface area contributed by atoms with E-state index in [0.29, 0.717) is 25.1 Å². The van der Waals surface area contributed by atoms with Crippen molar-refractivity contribution in [1.29, 1.82) is 0 Å². The number of ether oxygens (including phenoxy) is 1. The quantitative estimate of drug-likeness (QED) is 0.391. The van der Waals surface area contributed by atoms with Crippen molar-refractivity contribution < 1.29 is 14.3 Å². The summed E-state index contributed by atoms with van der Waals surface area (Å²) in [6.45, 7) is 8.10. The Hall–Kier alpha value is -1.32. The number of amides is 1. The van der Waals surface area contributed by atoms with Gasteiger partial charge in [0.25, 0.3) is 0 Å². The molecular weight excluding hydrogens is 206 g/mol. The molecule has 0 heterocycles.